The van der Waals surface area contributed by atoms with E-state index in [1.807, 2.05) is 6.92 Å². The molecule has 1 aliphatic heterocycles. The average molecular weight is 791 g/mol. The Kier molecular flexibility index (Phi) is 20.5. The molecule has 10 atom stereocenters. The van der Waals surface area contributed by atoms with Crippen LogP contribution in [0.1, 0.15) is 158 Å². The third kappa shape index (κ3) is 13.6. The summed E-state index contributed by atoms with van der Waals surface area (Å²) < 4.78 is 13.0. The summed E-state index contributed by atoms with van der Waals surface area (Å²) in [7, 11) is -0.500. The summed E-state index contributed by atoms with van der Waals surface area (Å²) in [5.74, 6) is -2.28. The molecular formula is C43H79BN4O8. The predicted octanol–water partition coefficient (Wildman–Crippen LogP) is 5.26. The number of amides is 2. The van der Waals surface area contributed by atoms with Crippen molar-refractivity contribution in [2.75, 3.05) is 26.2 Å². The van der Waals surface area contributed by atoms with E-state index in [4.69, 9.17) is 15.0 Å². The van der Waals surface area contributed by atoms with Gasteiger partial charge >= 0.3 is 7.12 Å². The number of aliphatic hydroxyl groups excluding tert-OH is 2. The Hall–Kier alpha value is -1.90. The summed E-state index contributed by atoms with van der Waals surface area (Å²) in [6.07, 6.45) is 13.8. The minimum absolute atomic E-state index is 0.0153. The fourth-order valence-corrected chi connectivity index (χ4v) is 9.37. The van der Waals surface area contributed by atoms with Crippen LogP contribution in [-0.2, 0) is 28.5 Å². The van der Waals surface area contributed by atoms with E-state index in [1.165, 1.54) is 51.9 Å². The standard InChI is InChI=1S/C43H79BN4O8/c1-8-9-10-11-12-13-14-17-22-46-23-18-19-32(28-49)41(54)48-39(31(4)50)36(52)24-29(2)40(53)47-34(20-15-16-21-45)35(51)25-30(3)44-55-38-27-33-26-37(42(33,5)6)43(38,7)56-44/h29-34,37-39,46,49-50H,8-28,45H2,1-7H3,(H,47,53)(H,48,54)/t29-,30-,31-,32+,33+,34+,37+,38-,39+,43+/m1/s1. The van der Waals surface area contributed by atoms with Gasteiger partial charge in [0.25, 0.3) is 0 Å². The second-order valence-electron chi connectivity index (χ2n) is 18.4. The van der Waals surface area contributed by atoms with Crippen molar-refractivity contribution in [1.82, 2.24) is 16.0 Å². The maximum atomic E-state index is 13.7. The summed E-state index contributed by atoms with van der Waals surface area (Å²) in [6.45, 7) is 15.7. The number of ketones is 2. The van der Waals surface area contributed by atoms with Gasteiger partial charge in [0.15, 0.2) is 11.6 Å². The van der Waals surface area contributed by atoms with Crippen molar-refractivity contribution in [3.8, 4) is 0 Å². The zero-order valence-electron chi connectivity index (χ0n) is 36.0. The maximum Gasteiger partial charge on any atom is 0.461 e. The largest absolute Gasteiger partial charge is 0.461 e. The molecule has 0 unspecified atom stereocenters. The molecule has 0 aromatic carbocycles. The van der Waals surface area contributed by atoms with Gasteiger partial charge in [-0.3, -0.25) is 19.2 Å². The van der Waals surface area contributed by atoms with Crippen molar-refractivity contribution in [1.29, 1.82) is 0 Å². The van der Waals surface area contributed by atoms with Crippen molar-refractivity contribution in [3.63, 3.8) is 0 Å². The first-order valence-corrected chi connectivity index (χ1v) is 22.3. The lowest BCUT2D eigenvalue weighted by atomic mass is 9.43. The number of carbonyl (C=O) groups is 4. The van der Waals surface area contributed by atoms with E-state index in [-0.39, 0.29) is 48.2 Å². The number of unbranched alkanes of at least 4 members (excludes halogenated alkanes) is 8. The van der Waals surface area contributed by atoms with Gasteiger partial charge in [-0.05, 0) is 108 Å². The highest BCUT2D eigenvalue weighted by Crippen LogP contribution is 2.66. The van der Waals surface area contributed by atoms with Crippen molar-refractivity contribution < 1.29 is 38.7 Å². The monoisotopic (exact) mass is 791 g/mol. The molecule has 322 valence electrons. The SMILES string of the molecule is CCCCCCCCCCNCCC[C@@H](CO)C(=O)N[C@H](C(=O)C[C@@H](C)C(=O)N[C@@H](CCCCN)C(=O)C[C@@H](C)B1O[C@@H]2C[C@@H]3C[C@@H](C3(C)C)[C@]2(C)O1)[C@@H](C)O. The first-order valence-electron chi connectivity index (χ1n) is 22.3. The molecule has 7 N–H and O–H groups in total. The molecule has 13 heteroatoms. The molecule has 1 saturated heterocycles. The predicted molar refractivity (Wildman–Crippen MR) is 222 cm³/mol. The van der Waals surface area contributed by atoms with Crippen LogP contribution in [0.3, 0.4) is 0 Å². The van der Waals surface area contributed by atoms with Crippen LogP contribution in [-0.4, -0.2) is 96.8 Å². The number of aliphatic hydroxyl groups is 2. The van der Waals surface area contributed by atoms with E-state index in [0.29, 0.717) is 50.5 Å². The molecule has 56 heavy (non-hydrogen) atoms. The van der Waals surface area contributed by atoms with Crippen molar-refractivity contribution in [2.45, 2.75) is 193 Å². The molecule has 0 aromatic rings. The molecule has 0 aromatic heterocycles. The van der Waals surface area contributed by atoms with Gasteiger partial charge in [0.2, 0.25) is 11.8 Å². The Labute approximate surface area is 338 Å². The van der Waals surface area contributed by atoms with Gasteiger partial charge in [0.1, 0.15) is 6.04 Å². The molecule has 2 bridgehead atoms. The highest BCUT2D eigenvalue weighted by atomic mass is 16.7. The third-order valence-corrected chi connectivity index (χ3v) is 13.4. The normalized spacial score (nSPS) is 25.6. The average Bonchev–Trinajstić information content (AvgIpc) is 3.52. The number of nitrogens with two attached hydrogens (primary N) is 1. The Balaban J connectivity index is 1.45. The maximum absolute atomic E-state index is 13.7. The van der Waals surface area contributed by atoms with Gasteiger partial charge in [-0.2, -0.15) is 0 Å². The van der Waals surface area contributed by atoms with Crippen molar-refractivity contribution in [3.05, 3.63) is 0 Å². The van der Waals surface area contributed by atoms with Crippen LogP contribution in [0, 0.1) is 29.1 Å². The van der Waals surface area contributed by atoms with E-state index in [0.717, 1.165) is 32.4 Å². The second kappa shape index (κ2) is 23.6. The zero-order valence-corrected chi connectivity index (χ0v) is 36.0. The van der Waals surface area contributed by atoms with Crippen molar-refractivity contribution in [2.24, 2.45) is 34.8 Å². The Bertz CT molecular complexity index is 1240. The highest BCUT2D eigenvalue weighted by Gasteiger charge is 2.68. The first-order chi connectivity index (χ1) is 26.6. The van der Waals surface area contributed by atoms with Crippen LogP contribution in [0.4, 0.5) is 0 Å². The van der Waals surface area contributed by atoms with E-state index in [1.54, 1.807) is 6.92 Å². The lowest BCUT2D eigenvalue weighted by Gasteiger charge is -2.64. The van der Waals surface area contributed by atoms with Gasteiger partial charge in [0, 0.05) is 18.8 Å². The number of nitrogens with one attached hydrogen (secondary N) is 3. The zero-order chi connectivity index (χ0) is 41.5. The fraction of sp³-hybridized carbons (Fsp3) is 0.907. The van der Waals surface area contributed by atoms with E-state index >= 15 is 0 Å². The minimum atomic E-state index is -1.23. The molecule has 3 aliphatic carbocycles. The minimum Gasteiger partial charge on any atom is -0.405 e. The molecule has 4 fully saturated rings. The number of hydrogen-bond donors (Lipinski definition) is 6. The van der Waals surface area contributed by atoms with Crippen LogP contribution in [0.2, 0.25) is 5.82 Å². The molecule has 3 saturated carbocycles. The molecule has 4 rings (SSSR count). The summed E-state index contributed by atoms with van der Waals surface area (Å²) in [5, 5.41) is 29.4. The quantitative estimate of drug-likeness (QED) is 0.0414. The lowest BCUT2D eigenvalue weighted by molar-refractivity contribution is -0.199. The fourth-order valence-electron chi connectivity index (χ4n) is 9.37. The topological polar surface area (TPSA) is 189 Å². The van der Waals surface area contributed by atoms with E-state index in [2.05, 4.69) is 43.6 Å². The first kappa shape index (κ1) is 48.5. The molecule has 4 aliphatic rings. The van der Waals surface area contributed by atoms with Gasteiger partial charge in [-0.1, -0.05) is 79.6 Å². The number of Topliss-reactive ketones (excluding diaryl/α,β-unsaturated/α-hetero) is 2. The summed E-state index contributed by atoms with van der Waals surface area (Å²) in [4.78, 5) is 53.7. The van der Waals surface area contributed by atoms with E-state index in [9.17, 15) is 29.4 Å². The van der Waals surface area contributed by atoms with Crippen LogP contribution < -0.4 is 21.7 Å². The van der Waals surface area contributed by atoms with Gasteiger partial charge in [0.05, 0.1) is 36.4 Å². The van der Waals surface area contributed by atoms with Crippen molar-refractivity contribution >= 4 is 30.5 Å². The Morgan fingerprint density at radius 2 is 1.48 bits per heavy atom. The Morgan fingerprint density at radius 3 is 2.11 bits per heavy atom. The lowest BCUT2D eigenvalue weighted by Crippen LogP contribution is -2.65. The molecule has 1 heterocycles. The molecule has 0 radical (unpaired) electrons. The number of carbonyl (C=O) groups excluding carboxylic acids is 4. The molecule has 12 nitrogen and oxygen atoms in total. The van der Waals surface area contributed by atoms with Crippen LogP contribution in [0.15, 0.2) is 0 Å². The van der Waals surface area contributed by atoms with Gasteiger partial charge in [-0.15, -0.1) is 0 Å². The third-order valence-electron chi connectivity index (χ3n) is 13.4. The van der Waals surface area contributed by atoms with Gasteiger partial charge < -0.3 is 41.2 Å². The molecule has 0 spiro atoms. The molecule has 2 amide bonds. The highest BCUT2D eigenvalue weighted by molar-refractivity contribution is 6.47. The van der Waals surface area contributed by atoms with Crippen LogP contribution in [0.5, 0.6) is 0 Å². The van der Waals surface area contributed by atoms with E-state index < -0.39 is 54.7 Å². The molecular weight excluding hydrogens is 711 g/mol. The summed E-state index contributed by atoms with van der Waals surface area (Å²) in [6, 6.07) is -1.99. The number of rotatable bonds is 30. The van der Waals surface area contributed by atoms with Gasteiger partial charge in [-0.25, -0.2) is 0 Å². The number of hydrogen-bond acceptors (Lipinski definition) is 10. The Morgan fingerprint density at radius 1 is 0.821 bits per heavy atom. The second-order valence-corrected chi connectivity index (χ2v) is 18.4. The van der Waals surface area contributed by atoms with Crippen LogP contribution in [0.25, 0.3) is 0 Å². The summed E-state index contributed by atoms with van der Waals surface area (Å²) >= 11 is 0. The smallest absolute Gasteiger partial charge is 0.405 e. The summed E-state index contributed by atoms with van der Waals surface area (Å²) in [5.41, 5.74) is 5.58. The van der Waals surface area contributed by atoms with Crippen LogP contribution >= 0.6 is 0 Å².